The van der Waals surface area contributed by atoms with E-state index in [0.29, 0.717) is 0 Å². The molecule has 0 saturated heterocycles. The molecule has 3 aromatic carbocycles. The second-order valence-corrected chi connectivity index (χ2v) is 6.73. The summed E-state index contributed by atoms with van der Waals surface area (Å²) in [5, 5.41) is 0. The minimum atomic E-state index is 0.863. The molecule has 1 nitrogen and oxygen atoms in total. The molecular formula is C27H21O+. The van der Waals surface area contributed by atoms with E-state index in [4.69, 9.17) is 4.42 Å². The molecule has 1 heteroatoms. The molecule has 4 aromatic rings. The fraction of sp³-hybridized carbons (Fsp3) is 0.0741. The van der Waals surface area contributed by atoms with Crippen molar-refractivity contribution < 1.29 is 4.42 Å². The van der Waals surface area contributed by atoms with E-state index in [1.807, 2.05) is 66.7 Å². The van der Waals surface area contributed by atoms with Gasteiger partial charge in [-0.15, -0.1) is 0 Å². The van der Waals surface area contributed by atoms with Gasteiger partial charge < -0.3 is 0 Å². The summed E-state index contributed by atoms with van der Waals surface area (Å²) in [4.78, 5) is 0. The molecule has 28 heavy (non-hydrogen) atoms. The van der Waals surface area contributed by atoms with Crippen molar-refractivity contribution in [3.8, 4) is 34.5 Å². The molecule has 0 radical (unpaired) electrons. The van der Waals surface area contributed by atoms with Crippen LogP contribution in [-0.4, -0.2) is 0 Å². The molecule has 0 aliphatic rings. The van der Waals surface area contributed by atoms with Crippen molar-refractivity contribution in [1.29, 1.82) is 0 Å². The molecule has 0 atom stereocenters. The Bertz CT molecular complexity index is 1090. The van der Waals surface area contributed by atoms with Crippen LogP contribution < -0.4 is 0 Å². The molecule has 0 N–H and O–H groups in total. The summed E-state index contributed by atoms with van der Waals surface area (Å²) in [6, 6.07) is 30.5. The summed E-state index contributed by atoms with van der Waals surface area (Å²) in [5.74, 6) is 8.44. The third-order valence-corrected chi connectivity index (χ3v) is 4.81. The largest absolute Gasteiger partial charge is 0.364 e. The molecule has 0 spiro atoms. The van der Waals surface area contributed by atoms with Gasteiger partial charge >= 0.3 is 11.5 Å². The Morgan fingerprint density at radius 2 is 0.964 bits per heavy atom. The van der Waals surface area contributed by atoms with E-state index in [1.54, 1.807) is 0 Å². The van der Waals surface area contributed by atoms with Crippen molar-refractivity contribution in [2.45, 2.75) is 13.8 Å². The van der Waals surface area contributed by atoms with Gasteiger partial charge in [0.25, 0.3) is 0 Å². The number of benzene rings is 3. The van der Waals surface area contributed by atoms with Gasteiger partial charge in [0.2, 0.25) is 0 Å². The van der Waals surface area contributed by atoms with Gasteiger partial charge in [-0.05, 0) is 50.2 Å². The number of hydrogen-bond acceptors (Lipinski definition) is 0. The Morgan fingerprint density at radius 1 is 0.536 bits per heavy atom. The SMILES string of the molecule is Cc1c(-c2ccccc2)[o+]c(-c2ccccc2)c(C)c1C#Cc1ccccc1. The number of hydrogen-bond donors (Lipinski definition) is 0. The fourth-order valence-corrected chi connectivity index (χ4v) is 3.34. The maximum Gasteiger partial charge on any atom is 0.364 e. The van der Waals surface area contributed by atoms with Crippen LogP contribution in [0.5, 0.6) is 0 Å². The van der Waals surface area contributed by atoms with Gasteiger partial charge in [-0.1, -0.05) is 66.4 Å². The highest BCUT2D eigenvalue weighted by Gasteiger charge is 2.27. The average Bonchev–Trinajstić information content (AvgIpc) is 2.76. The molecule has 1 heterocycles. The van der Waals surface area contributed by atoms with E-state index in [9.17, 15) is 0 Å². The first kappa shape index (κ1) is 17.8. The van der Waals surface area contributed by atoms with Crippen molar-refractivity contribution in [3.05, 3.63) is 113 Å². The normalized spacial score (nSPS) is 10.2. The Kier molecular flexibility index (Phi) is 5.04. The van der Waals surface area contributed by atoms with Crippen LogP contribution in [0.15, 0.2) is 95.4 Å². The lowest BCUT2D eigenvalue weighted by molar-refractivity contribution is 0.572. The predicted molar refractivity (Wildman–Crippen MR) is 116 cm³/mol. The molecule has 0 saturated carbocycles. The van der Waals surface area contributed by atoms with E-state index in [2.05, 4.69) is 50.0 Å². The van der Waals surface area contributed by atoms with Gasteiger partial charge in [0.15, 0.2) is 0 Å². The minimum Gasteiger partial charge on any atom is -0.206 e. The maximum atomic E-state index is 6.44. The third-order valence-electron chi connectivity index (χ3n) is 4.81. The van der Waals surface area contributed by atoms with Crippen LogP contribution in [0.4, 0.5) is 0 Å². The second kappa shape index (κ2) is 7.94. The first-order valence-electron chi connectivity index (χ1n) is 9.39. The third kappa shape index (κ3) is 3.59. The molecule has 0 aliphatic carbocycles. The van der Waals surface area contributed by atoms with Crippen LogP contribution in [0, 0.1) is 25.7 Å². The number of rotatable bonds is 2. The average molecular weight is 361 g/mol. The van der Waals surface area contributed by atoms with E-state index < -0.39 is 0 Å². The van der Waals surface area contributed by atoms with Crippen molar-refractivity contribution in [3.63, 3.8) is 0 Å². The Balaban J connectivity index is 1.95. The summed E-state index contributed by atoms with van der Waals surface area (Å²) >= 11 is 0. The lowest BCUT2D eigenvalue weighted by Gasteiger charge is -2.05. The standard InChI is InChI=1S/C27H21O/c1-20-25(19-18-22-12-6-3-7-13-22)21(2)27(24-16-10-5-11-17-24)28-26(20)23-14-8-4-9-15-23/h3-17H,1-2H3/q+1. The Hall–Kier alpha value is -3.63. The van der Waals surface area contributed by atoms with Gasteiger partial charge in [0.05, 0.1) is 22.3 Å². The molecule has 0 fully saturated rings. The van der Waals surface area contributed by atoms with Gasteiger partial charge in [-0.3, -0.25) is 0 Å². The van der Waals surface area contributed by atoms with Gasteiger partial charge in [0, 0.05) is 11.1 Å². The van der Waals surface area contributed by atoms with Crippen molar-refractivity contribution in [1.82, 2.24) is 0 Å². The molecule has 0 unspecified atom stereocenters. The monoisotopic (exact) mass is 361 g/mol. The van der Waals surface area contributed by atoms with E-state index in [-0.39, 0.29) is 0 Å². The summed E-state index contributed by atoms with van der Waals surface area (Å²) in [7, 11) is 0. The van der Waals surface area contributed by atoms with E-state index in [0.717, 1.165) is 44.9 Å². The zero-order valence-electron chi connectivity index (χ0n) is 16.1. The highest BCUT2D eigenvalue weighted by atomic mass is 16.3. The minimum absolute atomic E-state index is 0.863. The van der Waals surface area contributed by atoms with Crippen LogP contribution in [0.3, 0.4) is 0 Å². The zero-order chi connectivity index (χ0) is 19.3. The smallest absolute Gasteiger partial charge is 0.206 e. The summed E-state index contributed by atoms with van der Waals surface area (Å²) in [6.45, 7) is 4.17. The van der Waals surface area contributed by atoms with Crippen molar-refractivity contribution >= 4 is 0 Å². The maximum absolute atomic E-state index is 6.44. The Labute approximate surface area is 166 Å². The lowest BCUT2D eigenvalue weighted by Crippen LogP contribution is -1.96. The molecule has 134 valence electrons. The van der Waals surface area contributed by atoms with E-state index in [1.165, 1.54) is 0 Å². The molecule has 0 aliphatic heterocycles. The molecule has 0 bridgehead atoms. The van der Waals surface area contributed by atoms with Crippen LogP contribution in [-0.2, 0) is 0 Å². The molecule has 4 rings (SSSR count). The molecular weight excluding hydrogens is 340 g/mol. The quantitative estimate of drug-likeness (QED) is 0.279. The van der Waals surface area contributed by atoms with Crippen molar-refractivity contribution in [2.75, 3.05) is 0 Å². The van der Waals surface area contributed by atoms with Crippen LogP contribution in [0.25, 0.3) is 22.6 Å². The van der Waals surface area contributed by atoms with Crippen LogP contribution in [0.1, 0.15) is 22.3 Å². The van der Waals surface area contributed by atoms with Crippen molar-refractivity contribution in [2.24, 2.45) is 0 Å². The van der Waals surface area contributed by atoms with Crippen LogP contribution >= 0.6 is 0 Å². The van der Waals surface area contributed by atoms with Gasteiger partial charge in [0.1, 0.15) is 0 Å². The molecule has 1 aromatic heterocycles. The van der Waals surface area contributed by atoms with Gasteiger partial charge in [-0.2, -0.15) is 0 Å². The summed E-state index contributed by atoms with van der Waals surface area (Å²) in [5.41, 5.74) is 6.26. The van der Waals surface area contributed by atoms with Crippen LogP contribution in [0.2, 0.25) is 0 Å². The zero-order valence-corrected chi connectivity index (χ0v) is 16.1. The van der Waals surface area contributed by atoms with Gasteiger partial charge in [-0.25, -0.2) is 4.42 Å². The Morgan fingerprint density at radius 3 is 1.43 bits per heavy atom. The summed E-state index contributed by atoms with van der Waals surface area (Å²) < 4.78 is 6.44. The first-order chi connectivity index (χ1) is 13.7. The summed E-state index contributed by atoms with van der Waals surface area (Å²) in [6.07, 6.45) is 0. The van der Waals surface area contributed by atoms with E-state index >= 15 is 0 Å². The molecule has 0 amide bonds. The highest BCUT2D eigenvalue weighted by molar-refractivity contribution is 5.73. The predicted octanol–water partition coefficient (Wildman–Crippen LogP) is 6.91. The second-order valence-electron chi connectivity index (χ2n) is 6.73. The fourth-order valence-electron chi connectivity index (χ4n) is 3.34. The first-order valence-corrected chi connectivity index (χ1v) is 9.39. The lowest BCUT2D eigenvalue weighted by atomic mass is 9.96. The highest BCUT2D eigenvalue weighted by Crippen LogP contribution is 2.35. The topological polar surface area (TPSA) is 11.3 Å².